The van der Waals surface area contributed by atoms with Crippen molar-refractivity contribution in [2.75, 3.05) is 17.4 Å². The maximum atomic E-state index is 14.0. The molecule has 0 bridgehead atoms. The first-order valence-electron chi connectivity index (χ1n) is 13.3. The first-order chi connectivity index (χ1) is 18.8. The Morgan fingerprint density at radius 1 is 0.875 bits per heavy atom. The van der Waals surface area contributed by atoms with Crippen LogP contribution in [0.15, 0.2) is 76.1 Å². The van der Waals surface area contributed by atoms with Gasteiger partial charge in [0.15, 0.2) is 0 Å². The van der Waals surface area contributed by atoms with Crippen LogP contribution < -0.4 is 9.62 Å². The number of hydrogen-bond acceptors (Lipinski definition) is 4. The molecule has 7 nitrogen and oxygen atoms in total. The fraction of sp³-hybridized carbons (Fsp3) is 0.355. The normalized spacial score (nSPS) is 12.2. The summed E-state index contributed by atoms with van der Waals surface area (Å²) in [4.78, 5) is 28.7. The van der Waals surface area contributed by atoms with Crippen molar-refractivity contribution >= 4 is 43.5 Å². The van der Waals surface area contributed by atoms with Crippen molar-refractivity contribution in [1.29, 1.82) is 0 Å². The summed E-state index contributed by atoms with van der Waals surface area (Å²) >= 11 is 3.43. The highest BCUT2D eigenvalue weighted by atomic mass is 79.9. The van der Waals surface area contributed by atoms with E-state index in [-0.39, 0.29) is 23.3 Å². The number of hydrogen-bond donors (Lipinski definition) is 1. The predicted octanol–water partition coefficient (Wildman–Crippen LogP) is 5.76. The lowest BCUT2D eigenvalue weighted by Gasteiger charge is -2.32. The second-order valence-electron chi connectivity index (χ2n) is 10.6. The van der Waals surface area contributed by atoms with Crippen molar-refractivity contribution in [3.63, 3.8) is 0 Å². The van der Waals surface area contributed by atoms with E-state index in [4.69, 9.17) is 0 Å². The molecule has 3 rings (SSSR count). The summed E-state index contributed by atoms with van der Waals surface area (Å²) in [5.74, 6) is -0.531. The number of nitrogens with zero attached hydrogens (tertiary/aromatic N) is 2. The van der Waals surface area contributed by atoms with Crippen LogP contribution in [-0.4, -0.2) is 44.3 Å². The van der Waals surface area contributed by atoms with E-state index in [0.29, 0.717) is 12.2 Å². The molecule has 0 aliphatic heterocycles. The quantitative estimate of drug-likeness (QED) is 0.293. The van der Waals surface area contributed by atoms with E-state index in [1.807, 2.05) is 71.0 Å². The Morgan fingerprint density at radius 2 is 1.48 bits per heavy atom. The van der Waals surface area contributed by atoms with E-state index < -0.39 is 28.5 Å². The summed E-state index contributed by atoms with van der Waals surface area (Å²) in [7, 11) is -4.11. The Bertz CT molecular complexity index is 1440. The van der Waals surface area contributed by atoms with Gasteiger partial charge in [-0.1, -0.05) is 71.7 Å². The van der Waals surface area contributed by atoms with E-state index in [1.165, 1.54) is 4.90 Å². The fourth-order valence-corrected chi connectivity index (χ4v) is 5.90. The summed E-state index contributed by atoms with van der Waals surface area (Å²) in [6.07, 6.45) is 0. The molecular weight excluding hydrogens is 590 g/mol. The number of halogens is 1. The van der Waals surface area contributed by atoms with Crippen molar-refractivity contribution in [1.82, 2.24) is 10.2 Å². The van der Waals surface area contributed by atoms with Gasteiger partial charge in [0.25, 0.3) is 10.0 Å². The molecule has 0 fully saturated rings. The number of carbonyl (C=O) groups excluding carboxylic acids is 2. The molecule has 0 saturated carbocycles. The van der Waals surface area contributed by atoms with E-state index >= 15 is 0 Å². The summed E-state index contributed by atoms with van der Waals surface area (Å²) in [5, 5.41) is 2.90. The number of sulfonamides is 1. The molecule has 3 aromatic carbocycles. The monoisotopic (exact) mass is 627 g/mol. The van der Waals surface area contributed by atoms with Crippen LogP contribution in [0, 0.1) is 26.7 Å². The molecule has 2 amide bonds. The van der Waals surface area contributed by atoms with Gasteiger partial charge in [0.1, 0.15) is 12.6 Å². The number of amides is 2. The van der Waals surface area contributed by atoms with E-state index in [1.54, 1.807) is 37.3 Å². The third-order valence-corrected chi connectivity index (χ3v) is 8.94. The fourth-order valence-electron chi connectivity index (χ4n) is 4.16. The summed E-state index contributed by atoms with van der Waals surface area (Å²) in [6, 6.07) is 18.7. The average molecular weight is 629 g/mol. The maximum absolute atomic E-state index is 14.0. The Labute approximate surface area is 246 Å². The number of aryl methyl sites for hydroxylation is 3. The summed E-state index contributed by atoms with van der Waals surface area (Å²) in [6.45, 7) is 11.4. The highest BCUT2D eigenvalue weighted by Crippen LogP contribution is 2.29. The lowest BCUT2D eigenvalue weighted by molar-refractivity contribution is -0.139. The molecule has 0 saturated heterocycles. The smallest absolute Gasteiger partial charge is 0.264 e. The Morgan fingerprint density at radius 3 is 2.08 bits per heavy atom. The molecule has 0 spiro atoms. The number of benzene rings is 3. The van der Waals surface area contributed by atoms with Crippen LogP contribution >= 0.6 is 15.9 Å². The second kappa shape index (κ2) is 13.5. The van der Waals surface area contributed by atoms with Gasteiger partial charge in [0.05, 0.1) is 10.6 Å². The van der Waals surface area contributed by atoms with Crippen LogP contribution in [0.2, 0.25) is 0 Å². The molecule has 0 unspecified atom stereocenters. The van der Waals surface area contributed by atoms with Crippen molar-refractivity contribution < 1.29 is 18.0 Å². The number of anilines is 1. The first kappa shape index (κ1) is 31.4. The largest absolute Gasteiger partial charge is 0.354 e. The Hall–Kier alpha value is -3.17. The van der Waals surface area contributed by atoms with Crippen molar-refractivity contribution in [2.45, 2.75) is 59.0 Å². The van der Waals surface area contributed by atoms with Crippen LogP contribution in [-0.2, 0) is 26.2 Å². The molecule has 0 aliphatic carbocycles. The van der Waals surface area contributed by atoms with Gasteiger partial charge in [0, 0.05) is 17.6 Å². The average Bonchev–Trinajstić information content (AvgIpc) is 2.91. The number of carbonyl (C=O) groups is 2. The topological polar surface area (TPSA) is 86.8 Å². The van der Waals surface area contributed by atoms with Crippen LogP contribution in [0.3, 0.4) is 0 Å². The highest BCUT2D eigenvalue weighted by molar-refractivity contribution is 9.10. The minimum absolute atomic E-state index is 0.0917. The van der Waals surface area contributed by atoms with Gasteiger partial charge in [-0.05, 0) is 80.6 Å². The van der Waals surface area contributed by atoms with E-state index in [9.17, 15) is 18.0 Å². The minimum atomic E-state index is -4.11. The lowest BCUT2D eigenvalue weighted by Crippen LogP contribution is -2.51. The van der Waals surface area contributed by atoms with Gasteiger partial charge in [-0.15, -0.1) is 0 Å². The standard InChI is InChI=1S/C31H38BrN3O4S/c1-21(2)18-33-31(37)25(6)34(19-26-11-13-27(32)14-12-26)30(36)20-35(29-17-23(4)7-10-24(29)5)40(38,39)28-15-8-22(3)9-16-28/h7-17,21,25H,18-20H2,1-6H3,(H,33,37)/t25-/m0/s1. The third kappa shape index (κ3) is 7.95. The van der Waals surface area contributed by atoms with E-state index in [0.717, 1.165) is 31.0 Å². The lowest BCUT2D eigenvalue weighted by atomic mass is 10.1. The molecule has 3 aromatic rings. The summed E-state index contributed by atoms with van der Waals surface area (Å²) in [5.41, 5.74) is 3.76. The molecule has 0 aliphatic rings. The van der Waals surface area contributed by atoms with Gasteiger partial charge in [-0.2, -0.15) is 0 Å². The van der Waals surface area contributed by atoms with Gasteiger partial charge in [-0.3, -0.25) is 13.9 Å². The van der Waals surface area contributed by atoms with Crippen LogP contribution in [0.5, 0.6) is 0 Å². The molecule has 214 valence electrons. The molecule has 0 heterocycles. The van der Waals surface area contributed by atoms with Crippen LogP contribution in [0.4, 0.5) is 5.69 Å². The molecule has 40 heavy (non-hydrogen) atoms. The maximum Gasteiger partial charge on any atom is 0.264 e. The SMILES string of the molecule is Cc1ccc(S(=O)(=O)N(CC(=O)N(Cc2ccc(Br)cc2)[C@@H](C)C(=O)NCC(C)C)c2cc(C)ccc2C)cc1. The van der Waals surface area contributed by atoms with Gasteiger partial charge >= 0.3 is 0 Å². The zero-order chi connectivity index (χ0) is 29.6. The van der Waals surface area contributed by atoms with Gasteiger partial charge < -0.3 is 10.2 Å². The molecule has 1 atom stereocenters. The number of nitrogens with one attached hydrogen (secondary N) is 1. The van der Waals surface area contributed by atoms with Crippen molar-refractivity contribution in [3.8, 4) is 0 Å². The van der Waals surface area contributed by atoms with Crippen LogP contribution in [0.25, 0.3) is 0 Å². The van der Waals surface area contributed by atoms with Gasteiger partial charge in [-0.25, -0.2) is 8.42 Å². The van der Waals surface area contributed by atoms with Crippen LogP contribution in [0.1, 0.15) is 43.0 Å². The zero-order valence-corrected chi connectivity index (χ0v) is 26.3. The molecule has 0 aromatic heterocycles. The second-order valence-corrected chi connectivity index (χ2v) is 13.4. The Kier molecular flexibility index (Phi) is 10.6. The first-order valence-corrected chi connectivity index (χ1v) is 15.5. The Balaban J connectivity index is 2.05. The van der Waals surface area contributed by atoms with Crippen molar-refractivity contribution in [3.05, 3.63) is 93.5 Å². The minimum Gasteiger partial charge on any atom is -0.354 e. The zero-order valence-electron chi connectivity index (χ0n) is 23.9. The summed E-state index contributed by atoms with van der Waals surface area (Å²) < 4.78 is 30.1. The van der Waals surface area contributed by atoms with Crippen molar-refractivity contribution in [2.24, 2.45) is 5.92 Å². The molecular formula is C31H38BrN3O4S. The van der Waals surface area contributed by atoms with E-state index in [2.05, 4.69) is 21.2 Å². The van der Waals surface area contributed by atoms with Gasteiger partial charge in [0.2, 0.25) is 11.8 Å². The molecule has 1 N–H and O–H groups in total. The number of rotatable bonds is 11. The highest BCUT2D eigenvalue weighted by Gasteiger charge is 2.33. The third-order valence-electron chi connectivity index (χ3n) is 6.64. The molecule has 0 radical (unpaired) electrons. The predicted molar refractivity (Wildman–Crippen MR) is 164 cm³/mol. The molecule has 9 heteroatoms.